The standard InChI is InChI=1S/C6H14N4O2.C6H6N2O.C6H5NO2/c7-4(5(11)12)2-1-3-10-6(8)9;7-6(9)5-2-1-3-8-4-5;8-6(9)5-2-1-3-7-4-5/h4H,1-3,7H2,(H,11,12)(H4,8,9,10);1-4H,(H2,7,9);1-4H,(H,8,9)/t4-;;/m0../s1. The second kappa shape index (κ2) is 14.9. The number of nitrogens with two attached hydrogens (primary N) is 4. The first-order valence-electron chi connectivity index (χ1n) is 8.52. The largest absolute Gasteiger partial charge is 0.480 e. The van der Waals surface area contributed by atoms with Crippen molar-refractivity contribution >= 4 is 23.8 Å². The summed E-state index contributed by atoms with van der Waals surface area (Å²) in [5, 5.41) is 16.7. The SMILES string of the molecule is NC(=O)c1cccnc1.NC(N)=NCCC[C@H](N)C(=O)O.O=C(O)c1cccnc1. The third-order valence-electron chi connectivity index (χ3n) is 3.14. The summed E-state index contributed by atoms with van der Waals surface area (Å²) in [5.41, 5.74) is 20.9. The van der Waals surface area contributed by atoms with E-state index in [1.807, 2.05) is 0 Å². The van der Waals surface area contributed by atoms with Crippen LogP contribution in [-0.2, 0) is 4.79 Å². The van der Waals surface area contributed by atoms with E-state index in [2.05, 4.69) is 15.0 Å². The number of nitrogens with zero attached hydrogens (tertiary/aromatic N) is 3. The van der Waals surface area contributed by atoms with Crippen molar-refractivity contribution < 1.29 is 24.6 Å². The van der Waals surface area contributed by atoms with Gasteiger partial charge in [-0.15, -0.1) is 0 Å². The third kappa shape index (κ3) is 13.2. The quantitative estimate of drug-likeness (QED) is 0.189. The van der Waals surface area contributed by atoms with Gasteiger partial charge < -0.3 is 33.1 Å². The minimum absolute atomic E-state index is 0.0129. The second-order valence-corrected chi connectivity index (χ2v) is 5.55. The third-order valence-corrected chi connectivity index (χ3v) is 3.14. The van der Waals surface area contributed by atoms with Crippen LogP contribution in [0.5, 0.6) is 0 Å². The smallest absolute Gasteiger partial charge is 0.337 e. The number of hydrogen-bond acceptors (Lipinski definition) is 7. The van der Waals surface area contributed by atoms with Crippen molar-refractivity contribution in [3.05, 3.63) is 60.2 Å². The number of hydrogen-bond donors (Lipinski definition) is 6. The van der Waals surface area contributed by atoms with Crippen LogP contribution in [0.1, 0.15) is 33.6 Å². The maximum atomic E-state index is 10.4. The molecule has 2 aromatic heterocycles. The molecule has 0 aliphatic heterocycles. The molecule has 0 spiro atoms. The first kappa shape index (κ1) is 25.9. The van der Waals surface area contributed by atoms with Crippen LogP contribution < -0.4 is 22.9 Å². The van der Waals surface area contributed by atoms with Crippen LogP contribution in [0.3, 0.4) is 0 Å². The number of aliphatic carboxylic acids is 1. The molecule has 162 valence electrons. The number of guanidine groups is 1. The lowest BCUT2D eigenvalue weighted by Crippen LogP contribution is -2.30. The highest BCUT2D eigenvalue weighted by molar-refractivity contribution is 5.92. The van der Waals surface area contributed by atoms with Crippen molar-refractivity contribution in [1.29, 1.82) is 0 Å². The van der Waals surface area contributed by atoms with Crippen molar-refractivity contribution in [2.45, 2.75) is 18.9 Å². The summed E-state index contributed by atoms with van der Waals surface area (Å²) >= 11 is 0. The summed E-state index contributed by atoms with van der Waals surface area (Å²) < 4.78 is 0. The molecule has 0 radical (unpaired) electrons. The lowest BCUT2D eigenvalue weighted by Gasteiger charge is -2.03. The Balaban J connectivity index is 0.000000426. The average Bonchev–Trinajstić information content (AvgIpc) is 2.73. The minimum Gasteiger partial charge on any atom is -0.480 e. The van der Waals surface area contributed by atoms with Crippen LogP contribution in [0.15, 0.2) is 54.0 Å². The van der Waals surface area contributed by atoms with Crippen LogP contribution in [0.25, 0.3) is 0 Å². The molecule has 0 unspecified atom stereocenters. The Morgan fingerprint density at radius 3 is 1.80 bits per heavy atom. The number of carboxylic acid groups (broad SMARTS) is 2. The molecule has 0 saturated carbocycles. The van der Waals surface area contributed by atoms with E-state index < -0.39 is 23.9 Å². The van der Waals surface area contributed by atoms with E-state index in [9.17, 15) is 14.4 Å². The highest BCUT2D eigenvalue weighted by atomic mass is 16.4. The average molecular weight is 419 g/mol. The summed E-state index contributed by atoms with van der Waals surface area (Å²) in [4.78, 5) is 41.8. The van der Waals surface area contributed by atoms with Gasteiger partial charge in [-0.3, -0.25) is 24.5 Å². The summed E-state index contributed by atoms with van der Waals surface area (Å²) in [7, 11) is 0. The highest BCUT2D eigenvalue weighted by Gasteiger charge is 2.09. The molecule has 2 aromatic rings. The van der Waals surface area contributed by atoms with Gasteiger partial charge in [-0.2, -0.15) is 0 Å². The number of rotatable bonds is 7. The van der Waals surface area contributed by atoms with E-state index in [-0.39, 0.29) is 11.5 Å². The van der Waals surface area contributed by atoms with Crippen LogP contribution >= 0.6 is 0 Å². The Kier molecular flexibility index (Phi) is 12.9. The zero-order chi connectivity index (χ0) is 22.9. The van der Waals surface area contributed by atoms with E-state index in [4.69, 9.17) is 33.1 Å². The van der Waals surface area contributed by atoms with Gasteiger partial charge in [0.2, 0.25) is 5.91 Å². The second-order valence-electron chi connectivity index (χ2n) is 5.55. The van der Waals surface area contributed by atoms with Crippen LogP contribution in [-0.4, -0.2) is 56.6 Å². The van der Waals surface area contributed by atoms with Gasteiger partial charge in [0.05, 0.1) is 11.1 Å². The van der Waals surface area contributed by atoms with E-state index in [1.165, 1.54) is 24.7 Å². The molecular weight excluding hydrogens is 394 g/mol. The minimum atomic E-state index is -1.00. The van der Waals surface area contributed by atoms with Gasteiger partial charge in [-0.25, -0.2) is 4.79 Å². The molecule has 0 aliphatic carbocycles. The molecule has 2 heterocycles. The number of amides is 1. The molecule has 0 fully saturated rings. The zero-order valence-electron chi connectivity index (χ0n) is 16.1. The molecule has 12 heteroatoms. The number of aromatic nitrogens is 2. The van der Waals surface area contributed by atoms with Gasteiger partial charge in [0, 0.05) is 31.3 Å². The monoisotopic (exact) mass is 419 g/mol. The van der Waals surface area contributed by atoms with Gasteiger partial charge in [0.25, 0.3) is 0 Å². The van der Waals surface area contributed by atoms with Crippen molar-refractivity contribution in [1.82, 2.24) is 9.97 Å². The molecule has 12 nitrogen and oxygen atoms in total. The van der Waals surface area contributed by atoms with E-state index in [1.54, 1.807) is 24.4 Å². The van der Waals surface area contributed by atoms with Crippen molar-refractivity contribution in [3.63, 3.8) is 0 Å². The van der Waals surface area contributed by atoms with Crippen LogP contribution in [0, 0.1) is 0 Å². The molecule has 0 saturated heterocycles. The van der Waals surface area contributed by atoms with Crippen LogP contribution in [0.2, 0.25) is 0 Å². The molecular formula is C18H25N7O5. The number of aliphatic imine (C=N–C) groups is 1. The van der Waals surface area contributed by atoms with Crippen molar-refractivity contribution in [3.8, 4) is 0 Å². The molecule has 1 amide bonds. The first-order valence-corrected chi connectivity index (χ1v) is 8.52. The predicted molar refractivity (Wildman–Crippen MR) is 109 cm³/mol. The molecule has 1 atom stereocenters. The number of carbonyl (C=O) groups is 3. The predicted octanol–water partition coefficient (Wildman–Crippen LogP) is -0.588. The Hall–Kier alpha value is -4.06. The summed E-state index contributed by atoms with van der Waals surface area (Å²) in [6.45, 7) is 0.420. The van der Waals surface area contributed by atoms with Crippen molar-refractivity contribution in [2.24, 2.45) is 27.9 Å². The summed E-state index contributed by atoms with van der Waals surface area (Å²) in [6.07, 6.45) is 6.82. The molecule has 0 aliphatic rings. The fourth-order valence-corrected chi connectivity index (χ4v) is 1.64. The Morgan fingerprint density at radius 2 is 1.50 bits per heavy atom. The van der Waals surface area contributed by atoms with E-state index in [0.717, 1.165) is 0 Å². The Bertz CT molecular complexity index is 763. The van der Waals surface area contributed by atoms with Gasteiger partial charge >= 0.3 is 11.9 Å². The Labute approximate surface area is 172 Å². The zero-order valence-corrected chi connectivity index (χ0v) is 16.1. The maximum absolute atomic E-state index is 10.4. The topological polar surface area (TPSA) is 234 Å². The molecule has 2 rings (SSSR count). The molecule has 30 heavy (non-hydrogen) atoms. The van der Waals surface area contributed by atoms with Gasteiger partial charge in [-0.1, -0.05) is 0 Å². The summed E-state index contributed by atoms with van der Waals surface area (Å²) in [6, 6.07) is 5.55. The molecule has 0 aromatic carbocycles. The van der Waals surface area contributed by atoms with Gasteiger partial charge in [0.15, 0.2) is 5.96 Å². The van der Waals surface area contributed by atoms with Crippen molar-refractivity contribution in [2.75, 3.05) is 6.54 Å². The maximum Gasteiger partial charge on any atom is 0.337 e. The first-order chi connectivity index (χ1) is 14.1. The van der Waals surface area contributed by atoms with E-state index >= 15 is 0 Å². The number of primary amides is 1. The fourth-order valence-electron chi connectivity index (χ4n) is 1.64. The Morgan fingerprint density at radius 1 is 0.967 bits per heavy atom. The molecule has 10 N–H and O–H groups in total. The number of carboxylic acids is 2. The number of pyridine rings is 2. The highest BCUT2D eigenvalue weighted by Crippen LogP contribution is 1.95. The lowest BCUT2D eigenvalue weighted by molar-refractivity contribution is -0.138. The molecule has 0 bridgehead atoms. The van der Waals surface area contributed by atoms with Gasteiger partial charge in [0.1, 0.15) is 6.04 Å². The summed E-state index contributed by atoms with van der Waals surface area (Å²) in [5.74, 6) is -2.37. The number of aromatic carboxylic acids is 1. The fraction of sp³-hybridized carbons (Fsp3) is 0.222. The number of carbonyl (C=O) groups excluding carboxylic acids is 1. The van der Waals surface area contributed by atoms with Gasteiger partial charge in [-0.05, 0) is 37.1 Å². The van der Waals surface area contributed by atoms with E-state index in [0.29, 0.717) is 24.9 Å². The van der Waals surface area contributed by atoms with Crippen LogP contribution in [0.4, 0.5) is 0 Å². The lowest BCUT2D eigenvalue weighted by atomic mass is 10.2. The normalized spacial score (nSPS) is 10.2.